The molecule has 0 amide bonds. The highest BCUT2D eigenvalue weighted by Crippen LogP contribution is 2.19. The maximum Gasteiger partial charge on any atom is 0.147 e. The van der Waals surface area contributed by atoms with Crippen LogP contribution >= 0.6 is 11.6 Å². The second-order valence-electron chi connectivity index (χ2n) is 4.53. The lowest BCUT2D eigenvalue weighted by Crippen LogP contribution is -2.17. The third-order valence-electron chi connectivity index (χ3n) is 2.72. The quantitative estimate of drug-likeness (QED) is 0.848. The zero-order valence-electron chi connectivity index (χ0n) is 10.8. The van der Waals surface area contributed by atoms with E-state index in [1.54, 1.807) is 12.4 Å². The maximum atomic E-state index is 5.72. The Morgan fingerprint density at radius 3 is 2.28 bits per heavy atom. The van der Waals surface area contributed by atoms with E-state index >= 15 is 0 Å². The molecule has 0 N–H and O–H groups in total. The average molecular weight is 262 g/mol. The Morgan fingerprint density at radius 1 is 1.06 bits per heavy atom. The summed E-state index contributed by atoms with van der Waals surface area (Å²) >= 11 is 5.72. The Labute approximate surface area is 112 Å². The van der Waals surface area contributed by atoms with E-state index in [2.05, 4.69) is 46.9 Å². The number of aromatic nitrogens is 2. The van der Waals surface area contributed by atoms with Gasteiger partial charge in [0.15, 0.2) is 0 Å². The summed E-state index contributed by atoms with van der Waals surface area (Å²) in [4.78, 5) is 10.4. The highest BCUT2D eigenvalue weighted by atomic mass is 35.5. The fraction of sp³-hybridized carbons (Fsp3) is 0.286. The minimum atomic E-state index is 0.424. The molecule has 1 heterocycles. The van der Waals surface area contributed by atoms with Gasteiger partial charge >= 0.3 is 0 Å². The summed E-state index contributed by atoms with van der Waals surface area (Å²) in [5, 5.41) is 0.424. The summed E-state index contributed by atoms with van der Waals surface area (Å²) in [7, 11) is 2.05. The topological polar surface area (TPSA) is 29.0 Å². The number of hydrogen-bond donors (Lipinski definition) is 0. The normalized spacial score (nSPS) is 10.4. The van der Waals surface area contributed by atoms with Crippen LogP contribution in [0.5, 0.6) is 0 Å². The Hall–Kier alpha value is -1.61. The minimum Gasteiger partial charge on any atom is -0.369 e. The Balaban J connectivity index is 2.16. The SMILES string of the molecule is Cc1cc(C)cc(N(C)Cc2cnc(Cl)cn2)c1. The molecule has 0 saturated heterocycles. The van der Waals surface area contributed by atoms with Gasteiger partial charge in [-0.25, -0.2) is 4.98 Å². The summed E-state index contributed by atoms with van der Waals surface area (Å²) < 4.78 is 0. The second-order valence-corrected chi connectivity index (χ2v) is 4.92. The minimum absolute atomic E-state index is 0.424. The lowest BCUT2D eigenvalue weighted by molar-refractivity contribution is 0.872. The van der Waals surface area contributed by atoms with Crippen LogP contribution in [0.2, 0.25) is 5.15 Å². The standard InChI is InChI=1S/C14H16ClN3/c1-10-4-11(2)6-13(5-10)18(3)9-12-7-17-14(15)8-16-12/h4-8H,9H2,1-3H3. The molecule has 0 aliphatic carbocycles. The number of aryl methyl sites for hydroxylation is 2. The van der Waals surface area contributed by atoms with Gasteiger partial charge in [0.25, 0.3) is 0 Å². The monoisotopic (exact) mass is 261 g/mol. The van der Waals surface area contributed by atoms with Gasteiger partial charge in [0.05, 0.1) is 24.6 Å². The molecule has 1 aromatic carbocycles. The lowest BCUT2D eigenvalue weighted by atomic mass is 10.1. The molecular weight excluding hydrogens is 246 g/mol. The molecule has 4 heteroatoms. The molecule has 3 nitrogen and oxygen atoms in total. The molecule has 94 valence electrons. The molecule has 0 aliphatic heterocycles. The molecule has 0 atom stereocenters. The molecule has 0 aliphatic rings. The first-order valence-corrected chi connectivity index (χ1v) is 6.18. The third kappa shape index (κ3) is 3.20. The fourth-order valence-electron chi connectivity index (χ4n) is 1.93. The van der Waals surface area contributed by atoms with Crippen LogP contribution in [0, 0.1) is 13.8 Å². The van der Waals surface area contributed by atoms with Crippen molar-refractivity contribution in [3.8, 4) is 0 Å². The zero-order chi connectivity index (χ0) is 13.1. The van der Waals surface area contributed by atoms with Gasteiger partial charge in [-0.05, 0) is 37.1 Å². The van der Waals surface area contributed by atoms with Gasteiger partial charge < -0.3 is 4.90 Å². The van der Waals surface area contributed by atoms with E-state index < -0.39 is 0 Å². The van der Waals surface area contributed by atoms with Crippen molar-refractivity contribution in [2.75, 3.05) is 11.9 Å². The van der Waals surface area contributed by atoms with Gasteiger partial charge in [0, 0.05) is 12.7 Å². The Morgan fingerprint density at radius 2 is 1.72 bits per heavy atom. The first-order chi connectivity index (χ1) is 8.54. The smallest absolute Gasteiger partial charge is 0.147 e. The van der Waals surface area contributed by atoms with Crippen LogP contribution in [-0.2, 0) is 6.54 Å². The predicted molar refractivity (Wildman–Crippen MR) is 75.1 cm³/mol. The summed E-state index contributed by atoms with van der Waals surface area (Å²) in [5.41, 5.74) is 4.61. The summed E-state index contributed by atoms with van der Waals surface area (Å²) in [6, 6.07) is 6.49. The molecule has 0 unspecified atom stereocenters. The van der Waals surface area contributed by atoms with E-state index in [9.17, 15) is 0 Å². The van der Waals surface area contributed by atoms with E-state index in [-0.39, 0.29) is 0 Å². The second kappa shape index (κ2) is 5.36. The Bertz CT molecular complexity index is 517. The van der Waals surface area contributed by atoms with Crippen LogP contribution in [0.4, 0.5) is 5.69 Å². The first-order valence-electron chi connectivity index (χ1n) is 5.80. The van der Waals surface area contributed by atoms with Gasteiger partial charge in [-0.2, -0.15) is 0 Å². The molecule has 0 radical (unpaired) electrons. The van der Waals surface area contributed by atoms with Gasteiger partial charge in [0.1, 0.15) is 5.15 Å². The summed E-state index contributed by atoms with van der Waals surface area (Å²) in [6.45, 7) is 4.92. The number of nitrogens with zero attached hydrogens (tertiary/aromatic N) is 3. The van der Waals surface area contributed by atoms with Crippen LogP contribution in [0.15, 0.2) is 30.6 Å². The van der Waals surface area contributed by atoms with Crippen LogP contribution in [0.25, 0.3) is 0 Å². The number of benzene rings is 1. The van der Waals surface area contributed by atoms with E-state index in [1.165, 1.54) is 16.8 Å². The van der Waals surface area contributed by atoms with E-state index in [0.717, 1.165) is 5.69 Å². The van der Waals surface area contributed by atoms with Gasteiger partial charge in [-0.1, -0.05) is 17.7 Å². The van der Waals surface area contributed by atoms with Crippen LogP contribution in [0.3, 0.4) is 0 Å². The van der Waals surface area contributed by atoms with E-state index in [0.29, 0.717) is 11.7 Å². The van der Waals surface area contributed by atoms with Crippen molar-refractivity contribution in [1.29, 1.82) is 0 Å². The van der Waals surface area contributed by atoms with Gasteiger partial charge in [-0.15, -0.1) is 0 Å². The molecule has 18 heavy (non-hydrogen) atoms. The van der Waals surface area contributed by atoms with Crippen molar-refractivity contribution in [3.05, 3.63) is 52.6 Å². The van der Waals surface area contributed by atoms with Crippen molar-refractivity contribution >= 4 is 17.3 Å². The number of halogens is 1. The highest BCUT2D eigenvalue weighted by molar-refractivity contribution is 6.29. The molecule has 2 rings (SSSR count). The molecular formula is C14H16ClN3. The summed E-state index contributed by atoms with van der Waals surface area (Å²) in [5.74, 6) is 0. The van der Waals surface area contributed by atoms with Gasteiger partial charge in [0.2, 0.25) is 0 Å². The third-order valence-corrected chi connectivity index (χ3v) is 2.92. The van der Waals surface area contributed by atoms with Crippen molar-refractivity contribution < 1.29 is 0 Å². The number of rotatable bonds is 3. The molecule has 0 fully saturated rings. The number of hydrogen-bond acceptors (Lipinski definition) is 3. The average Bonchev–Trinajstić information content (AvgIpc) is 2.31. The van der Waals surface area contributed by atoms with Gasteiger partial charge in [-0.3, -0.25) is 4.98 Å². The first kappa shape index (κ1) is 12.8. The van der Waals surface area contributed by atoms with Crippen molar-refractivity contribution in [3.63, 3.8) is 0 Å². The maximum absolute atomic E-state index is 5.72. The molecule has 0 bridgehead atoms. The highest BCUT2D eigenvalue weighted by Gasteiger charge is 2.05. The zero-order valence-corrected chi connectivity index (χ0v) is 11.6. The lowest BCUT2D eigenvalue weighted by Gasteiger charge is -2.19. The van der Waals surface area contributed by atoms with E-state index in [1.807, 2.05) is 7.05 Å². The molecule has 1 aromatic heterocycles. The van der Waals surface area contributed by atoms with Crippen molar-refractivity contribution in [2.24, 2.45) is 0 Å². The van der Waals surface area contributed by atoms with E-state index in [4.69, 9.17) is 11.6 Å². The fourth-order valence-corrected chi connectivity index (χ4v) is 2.02. The molecule has 0 saturated carbocycles. The predicted octanol–water partition coefficient (Wildman–Crippen LogP) is 3.38. The van der Waals surface area contributed by atoms with Crippen molar-refractivity contribution in [1.82, 2.24) is 9.97 Å². The Kier molecular flexibility index (Phi) is 3.82. The van der Waals surface area contributed by atoms with Crippen LogP contribution in [-0.4, -0.2) is 17.0 Å². The van der Waals surface area contributed by atoms with Crippen LogP contribution in [0.1, 0.15) is 16.8 Å². The number of anilines is 1. The molecule has 0 spiro atoms. The summed E-state index contributed by atoms with van der Waals surface area (Å²) in [6.07, 6.45) is 3.29. The largest absolute Gasteiger partial charge is 0.369 e. The molecule has 2 aromatic rings. The van der Waals surface area contributed by atoms with Crippen LogP contribution < -0.4 is 4.90 Å². The van der Waals surface area contributed by atoms with Crippen molar-refractivity contribution in [2.45, 2.75) is 20.4 Å².